The van der Waals surface area contributed by atoms with Gasteiger partial charge in [-0.1, -0.05) is 23.7 Å². The number of nitrogens with one attached hydrogen (secondary N) is 1. The second-order valence-electron chi connectivity index (χ2n) is 11.1. The largest absolute Gasteiger partial charge is 0.416 e. The third-order valence-electron chi connectivity index (χ3n) is 7.57. The van der Waals surface area contributed by atoms with Crippen LogP contribution >= 0.6 is 11.6 Å². The van der Waals surface area contributed by atoms with Gasteiger partial charge in [0.15, 0.2) is 0 Å². The molecule has 8 nitrogen and oxygen atoms in total. The van der Waals surface area contributed by atoms with Crippen LogP contribution in [-0.4, -0.2) is 83.4 Å². The van der Waals surface area contributed by atoms with Crippen LogP contribution in [0.15, 0.2) is 42.5 Å². The second kappa shape index (κ2) is 13.2. The second-order valence-corrected chi connectivity index (χ2v) is 11.5. The van der Waals surface area contributed by atoms with Crippen molar-refractivity contribution < 1.29 is 40.7 Å². The van der Waals surface area contributed by atoms with Gasteiger partial charge in [-0.2, -0.15) is 26.3 Å². The molecular weight excluding hydrogens is 616 g/mol. The molecule has 15 heteroatoms. The normalized spacial score (nSPS) is 19.5. The molecule has 2 aliphatic rings. The summed E-state index contributed by atoms with van der Waals surface area (Å²) in [6.07, 6.45) is -10.1. The summed E-state index contributed by atoms with van der Waals surface area (Å²) in [6.45, 7) is 0.123. The summed E-state index contributed by atoms with van der Waals surface area (Å²) in [5, 5.41) is 2.93. The van der Waals surface area contributed by atoms with Crippen molar-refractivity contribution >= 4 is 29.4 Å². The third kappa shape index (κ3) is 7.95. The van der Waals surface area contributed by atoms with E-state index in [1.165, 1.54) is 9.80 Å². The fraction of sp³-hybridized carbons (Fsp3) is 0.483. The number of benzene rings is 2. The summed E-state index contributed by atoms with van der Waals surface area (Å²) in [5.74, 6) is -0.602. The molecule has 2 heterocycles. The lowest BCUT2D eigenvalue weighted by Crippen LogP contribution is -2.71. The van der Waals surface area contributed by atoms with Gasteiger partial charge in [0, 0.05) is 31.1 Å². The third-order valence-corrected chi connectivity index (χ3v) is 7.83. The minimum absolute atomic E-state index is 0.0181. The van der Waals surface area contributed by atoms with E-state index >= 15 is 0 Å². The molecule has 4 amide bonds. The van der Waals surface area contributed by atoms with E-state index < -0.39 is 53.8 Å². The van der Waals surface area contributed by atoms with Gasteiger partial charge in [0.25, 0.3) is 0 Å². The molecule has 4 rings (SSSR count). The topological polar surface area (TPSA) is 76.2 Å². The van der Waals surface area contributed by atoms with E-state index in [4.69, 9.17) is 11.6 Å². The zero-order valence-corrected chi connectivity index (χ0v) is 24.8. The summed E-state index contributed by atoms with van der Waals surface area (Å²) >= 11 is 5.99. The van der Waals surface area contributed by atoms with Gasteiger partial charge in [0.1, 0.15) is 12.2 Å². The summed E-state index contributed by atoms with van der Waals surface area (Å²) in [7, 11) is 3.75. The number of nitrogens with zero attached hydrogens (tertiary/aromatic N) is 4. The molecule has 2 aromatic carbocycles. The molecule has 44 heavy (non-hydrogen) atoms. The maximum Gasteiger partial charge on any atom is 0.416 e. The van der Waals surface area contributed by atoms with Crippen molar-refractivity contribution in [3.63, 3.8) is 0 Å². The molecule has 2 aromatic rings. The first-order valence-corrected chi connectivity index (χ1v) is 14.2. The first-order chi connectivity index (χ1) is 20.5. The average Bonchev–Trinajstić information content (AvgIpc) is 2.93. The standard InChI is InChI=1S/C29H32ClF6N5O3/c1-38(2)10-3-4-23-26(43)39(16-18-5-7-22(30)8-6-18)17-24-40(11-9-25(42)41(23)24)27(44)37-15-19-12-20(28(31,32)33)14-21(13-19)29(34,35)36/h5-8,12-14,23-24H,3-4,9-11,15-17H2,1-2H3,(H,37,44)/t23-,24+/m0/s1. The zero-order chi connectivity index (χ0) is 32.4. The Morgan fingerprint density at radius 2 is 1.59 bits per heavy atom. The minimum atomic E-state index is -5.03. The minimum Gasteiger partial charge on any atom is -0.334 e. The number of amides is 4. The summed E-state index contributed by atoms with van der Waals surface area (Å²) < 4.78 is 79.9. The van der Waals surface area contributed by atoms with Crippen molar-refractivity contribution in [2.75, 3.05) is 33.7 Å². The van der Waals surface area contributed by atoms with Gasteiger partial charge in [-0.25, -0.2) is 4.79 Å². The molecule has 2 saturated heterocycles. The van der Waals surface area contributed by atoms with Crippen molar-refractivity contribution in [3.8, 4) is 0 Å². The number of halogens is 7. The van der Waals surface area contributed by atoms with Gasteiger partial charge in [0.05, 0.1) is 17.7 Å². The Hall–Kier alpha value is -3.52. The SMILES string of the molecule is CN(C)CCC[C@H]1C(=O)N(Cc2ccc(Cl)cc2)C[C@@H]2N(C(=O)NCc3cc(C(F)(F)F)cc(C(F)(F)F)c3)CCC(=O)N21. The van der Waals surface area contributed by atoms with Crippen LogP contribution in [0.4, 0.5) is 31.1 Å². The highest BCUT2D eigenvalue weighted by Gasteiger charge is 2.48. The number of rotatable bonds is 8. The smallest absolute Gasteiger partial charge is 0.334 e. The lowest BCUT2D eigenvalue weighted by atomic mass is 9.99. The zero-order valence-electron chi connectivity index (χ0n) is 24.0. The number of hydrogen-bond acceptors (Lipinski definition) is 4. The van der Waals surface area contributed by atoms with Gasteiger partial charge >= 0.3 is 18.4 Å². The lowest BCUT2D eigenvalue weighted by Gasteiger charge is -2.52. The van der Waals surface area contributed by atoms with Crippen molar-refractivity contribution in [2.45, 2.75) is 56.9 Å². The maximum absolute atomic E-state index is 13.7. The summed E-state index contributed by atoms with van der Waals surface area (Å²) in [4.78, 5) is 46.4. The highest BCUT2D eigenvalue weighted by Crippen LogP contribution is 2.36. The van der Waals surface area contributed by atoms with Crippen LogP contribution in [0.1, 0.15) is 41.5 Å². The lowest BCUT2D eigenvalue weighted by molar-refractivity contribution is -0.167. The van der Waals surface area contributed by atoms with Crippen LogP contribution in [0.25, 0.3) is 0 Å². The molecule has 0 aromatic heterocycles. The molecule has 2 aliphatic heterocycles. The number of hydrogen-bond donors (Lipinski definition) is 1. The first kappa shape index (κ1) is 33.4. The number of alkyl halides is 6. The molecule has 0 aliphatic carbocycles. The molecule has 0 radical (unpaired) electrons. The van der Waals surface area contributed by atoms with Crippen molar-refractivity contribution in [1.82, 2.24) is 24.9 Å². The van der Waals surface area contributed by atoms with Crippen LogP contribution in [-0.2, 0) is 35.0 Å². The molecule has 240 valence electrons. The van der Waals surface area contributed by atoms with Crippen LogP contribution in [0, 0.1) is 0 Å². The van der Waals surface area contributed by atoms with Gasteiger partial charge in [-0.3, -0.25) is 9.59 Å². The molecule has 1 N–H and O–H groups in total. The number of carbonyl (C=O) groups is 3. The Kier molecular flexibility index (Phi) is 10.0. The van der Waals surface area contributed by atoms with Crippen LogP contribution in [0.5, 0.6) is 0 Å². The number of urea groups is 1. The predicted octanol–water partition coefficient (Wildman–Crippen LogP) is 5.20. The van der Waals surface area contributed by atoms with Crippen LogP contribution in [0.3, 0.4) is 0 Å². The molecule has 0 unspecified atom stereocenters. The number of piperazine rings is 1. The summed E-state index contributed by atoms with van der Waals surface area (Å²) in [5.41, 5.74) is -2.60. The Balaban J connectivity index is 1.58. The quantitative estimate of drug-likeness (QED) is 0.400. The predicted molar refractivity (Wildman–Crippen MR) is 149 cm³/mol. The first-order valence-electron chi connectivity index (χ1n) is 13.9. The van der Waals surface area contributed by atoms with Crippen LogP contribution < -0.4 is 5.32 Å². The van der Waals surface area contributed by atoms with E-state index in [0.29, 0.717) is 36.5 Å². The van der Waals surface area contributed by atoms with Gasteiger partial charge in [-0.15, -0.1) is 0 Å². The molecule has 2 fully saturated rings. The van der Waals surface area contributed by atoms with E-state index in [1.54, 1.807) is 29.2 Å². The Labute approximate surface area is 255 Å². The van der Waals surface area contributed by atoms with E-state index in [0.717, 1.165) is 5.56 Å². The van der Waals surface area contributed by atoms with E-state index in [9.17, 15) is 40.7 Å². The fourth-order valence-electron chi connectivity index (χ4n) is 5.45. The summed E-state index contributed by atoms with van der Waals surface area (Å²) in [6, 6.07) is 6.33. The molecule has 2 atom stereocenters. The highest BCUT2D eigenvalue weighted by molar-refractivity contribution is 6.30. The van der Waals surface area contributed by atoms with Gasteiger partial charge in [0.2, 0.25) is 11.8 Å². The van der Waals surface area contributed by atoms with E-state index in [-0.39, 0.29) is 43.9 Å². The number of carbonyl (C=O) groups excluding carboxylic acids is 3. The molecule has 0 bridgehead atoms. The van der Waals surface area contributed by atoms with Gasteiger partial charge < -0.3 is 24.9 Å². The van der Waals surface area contributed by atoms with Gasteiger partial charge in [-0.05, 0) is 74.9 Å². The fourth-order valence-corrected chi connectivity index (χ4v) is 5.58. The van der Waals surface area contributed by atoms with Crippen molar-refractivity contribution in [1.29, 1.82) is 0 Å². The van der Waals surface area contributed by atoms with Crippen LogP contribution in [0.2, 0.25) is 5.02 Å². The molecule has 0 spiro atoms. The average molecular weight is 648 g/mol. The monoisotopic (exact) mass is 647 g/mol. The Morgan fingerprint density at radius 1 is 0.977 bits per heavy atom. The van der Waals surface area contributed by atoms with Crippen molar-refractivity contribution in [3.05, 3.63) is 69.7 Å². The Bertz CT molecular complexity index is 1340. The van der Waals surface area contributed by atoms with E-state index in [1.807, 2.05) is 19.0 Å². The highest BCUT2D eigenvalue weighted by atomic mass is 35.5. The maximum atomic E-state index is 13.7. The Morgan fingerprint density at radius 3 is 2.16 bits per heavy atom. The van der Waals surface area contributed by atoms with E-state index in [2.05, 4.69) is 5.32 Å². The molecular formula is C29H32ClF6N5O3. The van der Waals surface area contributed by atoms with Crippen molar-refractivity contribution in [2.24, 2.45) is 0 Å². The number of fused-ring (bicyclic) bond motifs is 1. The molecule has 0 saturated carbocycles.